The van der Waals surface area contributed by atoms with Gasteiger partial charge in [0.2, 0.25) is 5.79 Å². The second kappa shape index (κ2) is 3.10. The molecule has 2 rings (SSSR count). The van der Waals surface area contributed by atoms with E-state index in [1.807, 2.05) is 25.1 Å². The largest absolute Gasteiger partial charge is 0.425 e. The number of carbonyl (C=O) groups excluding carboxylic acids is 1. The molecule has 0 aliphatic carbocycles. The third-order valence-electron chi connectivity index (χ3n) is 2.34. The first-order valence-corrected chi connectivity index (χ1v) is 4.64. The molecule has 1 heterocycles. The molecular weight excluding hydrogens is 180 g/mol. The Hall–Kier alpha value is -1.35. The maximum Gasteiger partial charge on any atom is 0.341 e. The summed E-state index contributed by atoms with van der Waals surface area (Å²) in [5, 5.41) is 0. The Morgan fingerprint density at radius 2 is 2.14 bits per heavy atom. The molecule has 0 bridgehead atoms. The first-order valence-electron chi connectivity index (χ1n) is 4.64. The molecule has 14 heavy (non-hydrogen) atoms. The van der Waals surface area contributed by atoms with Crippen LogP contribution in [-0.2, 0) is 15.3 Å². The molecule has 0 aromatic heterocycles. The average molecular weight is 192 g/mol. The summed E-state index contributed by atoms with van der Waals surface area (Å²) in [6, 6.07) is 7.30. The van der Waals surface area contributed by atoms with E-state index < -0.39 is 5.79 Å². The van der Waals surface area contributed by atoms with Crippen LogP contribution in [0.2, 0.25) is 0 Å². The minimum Gasteiger partial charge on any atom is -0.425 e. The van der Waals surface area contributed by atoms with Crippen LogP contribution in [0.5, 0.6) is 0 Å². The van der Waals surface area contributed by atoms with Gasteiger partial charge in [0.1, 0.15) is 0 Å². The van der Waals surface area contributed by atoms with E-state index in [1.54, 1.807) is 13.0 Å². The van der Waals surface area contributed by atoms with Gasteiger partial charge in [-0.15, -0.1) is 0 Å². The van der Waals surface area contributed by atoms with Crippen molar-refractivity contribution in [2.24, 2.45) is 0 Å². The summed E-state index contributed by atoms with van der Waals surface area (Å²) >= 11 is 0. The zero-order chi connectivity index (χ0) is 10.2. The lowest BCUT2D eigenvalue weighted by Crippen LogP contribution is -2.25. The normalized spacial score (nSPS) is 24.6. The van der Waals surface area contributed by atoms with Gasteiger partial charge in [-0.2, -0.15) is 0 Å². The highest BCUT2D eigenvalue weighted by Gasteiger charge is 2.42. The number of esters is 1. The predicted molar refractivity (Wildman–Crippen MR) is 50.8 cm³/mol. The monoisotopic (exact) mass is 192 g/mol. The van der Waals surface area contributed by atoms with Crippen LogP contribution in [-0.4, -0.2) is 12.6 Å². The van der Waals surface area contributed by atoms with Crippen LogP contribution in [0.4, 0.5) is 0 Å². The van der Waals surface area contributed by atoms with Crippen molar-refractivity contribution in [3.63, 3.8) is 0 Å². The topological polar surface area (TPSA) is 35.5 Å². The number of ether oxygens (including phenoxy) is 2. The minimum absolute atomic E-state index is 0.309. The molecule has 1 aliphatic heterocycles. The van der Waals surface area contributed by atoms with E-state index >= 15 is 0 Å². The third-order valence-corrected chi connectivity index (χ3v) is 2.34. The molecule has 0 spiro atoms. The second-order valence-corrected chi connectivity index (χ2v) is 3.31. The van der Waals surface area contributed by atoms with Gasteiger partial charge in [-0.1, -0.05) is 18.2 Å². The molecule has 3 nitrogen and oxygen atoms in total. The van der Waals surface area contributed by atoms with Crippen molar-refractivity contribution in [2.75, 3.05) is 6.61 Å². The van der Waals surface area contributed by atoms with Gasteiger partial charge in [-0.05, 0) is 13.0 Å². The lowest BCUT2D eigenvalue weighted by molar-refractivity contribution is -0.188. The Kier molecular flexibility index (Phi) is 2.04. The van der Waals surface area contributed by atoms with E-state index in [0.717, 1.165) is 5.56 Å². The average Bonchev–Trinajstić information content (AvgIpc) is 2.41. The van der Waals surface area contributed by atoms with Gasteiger partial charge < -0.3 is 9.47 Å². The van der Waals surface area contributed by atoms with Gasteiger partial charge in [0, 0.05) is 19.1 Å². The fourth-order valence-corrected chi connectivity index (χ4v) is 1.73. The summed E-state index contributed by atoms with van der Waals surface area (Å²) in [6.45, 7) is 4.15. The summed E-state index contributed by atoms with van der Waals surface area (Å²) in [5.41, 5.74) is 1.41. The molecule has 1 atom stereocenters. The van der Waals surface area contributed by atoms with Crippen molar-refractivity contribution in [1.82, 2.24) is 0 Å². The maximum atomic E-state index is 11.5. The van der Waals surface area contributed by atoms with Crippen LogP contribution >= 0.6 is 0 Å². The van der Waals surface area contributed by atoms with Crippen molar-refractivity contribution in [1.29, 1.82) is 0 Å². The number of hydrogen-bond acceptors (Lipinski definition) is 3. The smallest absolute Gasteiger partial charge is 0.341 e. The Morgan fingerprint density at radius 1 is 1.43 bits per heavy atom. The Labute approximate surface area is 82.6 Å². The molecule has 0 saturated carbocycles. The molecule has 1 unspecified atom stereocenters. The summed E-state index contributed by atoms with van der Waals surface area (Å²) in [7, 11) is 0. The van der Waals surface area contributed by atoms with Crippen LogP contribution in [0.3, 0.4) is 0 Å². The molecule has 0 radical (unpaired) electrons. The number of rotatable bonds is 2. The van der Waals surface area contributed by atoms with Gasteiger partial charge in [0.25, 0.3) is 0 Å². The van der Waals surface area contributed by atoms with E-state index in [0.29, 0.717) is 12.2 Å². The first kappa shape index (κ1) is 9.21. The fourth-order valence-electron chi connectivity index (χ4n) is 1.73. The van der Waals surface area contributed by atoms with Crippen LogP contribution in [0.25, 0.3) is 0 Å². The third kappa shape index (κ3) is 1.21. The first-order chi connectivity index (χ1) is 6.67. The second-order valence-electron chi connectivity index (χ2n) is 3.31. The van der Waals surface area contributed by atoms with Crippen LogP contribution in [0.1, 0.15) is 29.8 Å². The van der Waals surface area contributed by atoms with Gasteiger partial charge in [-0.25, -0.2) is 4.79 Å². The Bertz CT molecular complexity index is 373. The summed E-state index contributed by atoms with van der Waals surface area (Å²) in [6.07, 6.45) is 0. The highest BCUT2D eigenvalue weighted by Crippen LogP contribution is 2.36. The number of benzene rings is 1. The summed E-state index contributed by atoms with van der Waals surface area (Å²) in [5.74, 6) is -1.21. The van der Waals surface area contributed by atoms with E-state index in [1.165, 1.54) is 0 Å². The van der Waals surface area contributed by atoms with Crippen LogP contribution < -0.4 is 0 Å². The lowest BCUT2D eigenvalue weighted by Gasteiger charge is -2.23. The van der Waals surface area contributed by atoms with E-state index in [2.05, 4.69) is 0 Å². The molecule has 1 aliphatic rings. The van der Waals surface area contributed by atoms with Gasteiger partial charge in [0.05, 0.1) is 5.56 Å². The highest BCUT2D eigenvalue weighted by atomic mass is 16.7. The standard InChI is InChI=1S/C11H12O3/c1-3-13-11(2)9-7-5-4-6-8(9)10(12)14-11/h4-7H,3H2,1-2H3. The van der Waals surface area contributed by atoms with Gasteiger partial charge >= 0.3 is 5.97 Å². The van der Waals surface area contributed by atoms with E-state index in [-0.39, 0.29) is 5.97 Å². The predicted octanol–water partition coefficient (Wildman–Crippen LogP) is 2.07. The number of hydrogen-bond donors (Lipinski definition) is 0. The fraction of sp³-hybridized carbons (Fsp3) is 0.364. The van der Waals surface area contributed by atoms with E-state index in [4.69, 9.17) is 9.47 Å². The zero-order valence-corrected chi connectivity index (χ0v) is 8.24. The van der Waals surface area contributed by atoms with Crippen molar-refractivity contribution < 1.29 is 14.3 Å². The molecule has 74 valence electrons. The minimum atomic E-state index is -0.900. The van der Waals surface area contributed by atoms with Crippen molar-refractivity contribution in [3.05, 3.63) is 35.4 Å². The summed E-state index contributed by atoms with van der Waals surface area (Å²) in [4.78, 5) is 11.5. The molecule has 0 fully saturated rings. The molecule has 0 amide bonds. The zero-order valence-electron chi connectivity index (χ0n) is 8.24. The Morgan fingerprint density at radius 3 is 2.86 bits per heavy atom. The molecule has 1 aromatic carbocycles. The number of carbonyl (C=O) groups is 1. The van der Waals surface area contributed by atoms with Gasteiger partial charge in [-0.3, -0.25) is 0 Å². The molecule has 1 aromatic rings. The van der Waals surface area contributed by atoms with Gasteiger partial charge in [0.15, 0.2) is 0 Å². The molecular formula is C11H12O3. The van der Waals surface area contributed by atoms with Crippen molar-refractivity contribution in [3.8, 4) is 0 Å². The van der Waals surface area contributed by atoms with E-state index in [9.17, 15) is 4.79 Å². The van der Waals surface area contributed by atoms with Crippen molar-refractivity contribution >= 4 is 5.97 Å². The molecule has 0 N–H and O–H groups in total. The lowest BCUT2D eigenvalue weighted by atomic mass is 10.0. The molecule has 0 saturated heterocycles. The number of fused-ring (bicyclic) bond motifs is 1. The molecule has 3 heteroatoms. The SMILES string of the molecule is CCOC1(C)OC(=O)c2ccccc21. The summed E-state index contributed by atoms with van der Waals surface area (Å²) < 4.78 is 10.6. The van der Waals surface area contributed by atoms with Crippen LogP contribution in [0.15, 0.2) is 24.3 Å². The maximum absolute atomic E-state index is 11.5. The highest BCUT2D eigenvalue weighted by molar-refractivity contribution is 5.94. The quantitative estimate of drug-likeness (QED) is 0.673. The van der Waals surface area contributed by atoms with Crippen molar-refractivity contribution in [2.45, 2.75) is 19.6 Å². The number of cyclic esters (lactones) is 1. The Balaban J connectivity index is 2.48. The van der Waals surface area contributed by atoms with Crippen LogP contribution in [0, 0.1) is 0 Å².